The summed E-state index contributed by atoms with van der Waals surface area (Å²) in [4.78, 5) is 31.6. The van der Waals surface area contributed by atoms with Crippen molar-refractivity contribution in [3.05, 3.63) is 74.1 Å². The highest BCUT2D eigenvalue weighted by Crippen LogP contribution is 2.30. The van der Waals surface area contributed by atoms with Crippen LogP contribution in [0.15, 0.2) is 58.1 Å². The number of halogens is 1. The zero-order valence-corrected chi connectivity index (χ0v) is 16.5. The molecule has 4 nitrogen and oxygen atoms in total. The molecule has 2 aromatic heterocycles. The summed E-state index contributed by atoms with van der Waals surface area (Å²) in [5.41, 5.74) is 0.113. The van der Waals surface area contributed by atoms with Crippen LogP contribution in [0.3, 0.4) is 0 Å². The van der Waals surface area contributed by atoms with Crippen LogP contribution in [-0.2, 0) is 0 Å². The van der Waals surface area contributed by atoms with Crippen LogP contribution >= 0.6 is 22.9 Å². The van der Waals surface area contributed by atoms with Gasteiger partial charge in [-0.1, -0.05) is 42.8 Å². The predicted octanol–water partition coefficient (Wildman–Crippen LogP) is 5.26. The van der Waals surface area contributed by atoms with E-state index in [4.69, 9.17) is 16.6 Å². The number of nitrogens with zero attached hydrogens (tertiary/aromatic N) is 2. The Morgan fingerprint density at radius 1 is 1.11 bits per heavy atom. The van der Waals surface area contributed by atoms with Crippen molar-refractivity contribution in [1.82, 2.24) is 9.55 Å². The van der Waals surface area contributed by atoms with Crippen molar-refractivity contribution in [3.8, 4) is 11.4 Å². The van der Waals surface area contributed by atoms with E-state index in [2.05, 4.69) is 0 Å². The Balaban J connectivity index is 2.21. The maximum atomic E-state index is 13.4. The zero-order valence-electron chi connectivity index (χ0n) is 14.9. The summed E-state index contributed by atoms with van der Waals surface area (Å²) in [7, 11) is 0. The summed E-state index contributed by atoms with van der Waals surface area (Å²) in [6.45, 7) is 3.95. The van der Waals surface area contributed by atoms with E-state index in [1.807, 2.05) is 44.2 Å². The molecule has 2 aromatic carbocycles. The summed E-state index contributed by atoms with van der Waals surface area (Å²) in [5.74, 6) is 0.499. The molecule has 4 rings (SSSR count). The Kier molecular flexibility index (Phi) is 4.58. The first-order valence-electron chi connectivity index (χ1n) is 8.76. The minimum Gasteiger partial charge on any atom is -0.289 e. The van der Waals surface area contributed by atoms with Gasteiger partial charge in [0.15, 0.2) is 0 Å². The summed E-state index contributed by atoms with van der Waals surface area (Å²) < 4.78 is 2.42. The topological polar surface area (TPSA) is 52.0 Å². The number of hydrogen-bond acceptors (Lipinski definition) is 4. The number of fused-ring (bicyclic) bond motifs is 2. The minimum absolute atomic E-state index is 0.114. The van der Waals surface area contributed by atoms with Crippen LogP contribution in [0.5, 0.6) is 0 Å². The standard InChI is InChI=1S/C21H17ClN2O2S/c1-3-12(2)24-19(13-8-4-6-10-15(13)22)23-20-17(21(24)26)18(25)14-9-5-7-11-16(14)27-20/h4-12H,3H2,1-2H3. The van der Waals surface area contributed by atoms with E-state index in [1.165, 1.54) is 11.3 Å². The Labute approximate surface area is 164 Å². The van der Waals surface area contributed by atoms with E-state index >= 15 is 0 Å². The molecule has 0 radical (unpaired) electrons. The second-order valence-corrected chi connectivity index (χ2v) is 7.89. The van der Waals surface area contributed by atoms with Gasteiger partial charge >= 0.3 is 0 Å². The minimum atomic E-state index is -0.309. The van der Waals surface area contributed by atoms with E-state index < -0.39 is 0 Å². The lowest BCUT2D eigenvalue weighted by molar-refractivity contribution is 0.517. The van der Waals surface area contributed by atoms with Gasteiger partial charge in [-0.25, -0.2) is 4.98 Å². The molecule has 0 aliphatic rings. The first-order valence-corrected chi connectivity index (χ1v) is 9.95. The fourth-order valence-corrected chi connectivity index (χ4v) is 4.45. The van der Waals surface area contributed by atoms with Gasteiger partial charge in [0.1, 0.15) is 16.0 Å². The molecule has 0 amide bonds. The molecule has 0 saturated carbocycles. The fourth-order valence-electron chi connectivity index (χ4n) is 3.19. The van der Waals surface area contributed by atoms with Crippen molar-refractivity contribution in [3.63, 3.8) is 0 Å². The lowest BCUT2D eigenvalue weighted by Gasteiger charge is -2.19. The summed E-state index contributed by atoms with van der Waals surface area (Å²) >= 11 is 7.75. The summed E-state index contributed by atoms with van der Waals surface area (Å²) in [5, 5.41) is 1.22. The molecule has 0 spiro atoms. The first-order chi connectivity index (χ1) is 13.0. The molecular formula is C21H17ClN2O2S. The quantitative estimate of drug-likeness (QED) is 0.443. The Morgan fingerprint density at radius 3 is 2.56 bits per heavy atom. The second kappa shape index (κ2) is 6.91. The Morgan fingerprint density at radius 2 is 1.81 bits per heavy atom. The Bertz CT molecular complexity index is 1290. The van der Waals surface area contributed by atoms with E-state index in [0.717, 1.165) is 11.1 Å². The van der Waals surface area contributed by atoms with Gasteiger partial charge in [0.05, 0.1) is 5.02 Å². The molecule has 0 N–H and O–H groups in total. The molecule has 0 aliphatic carbocycles. The van der Waals surface area contributed by atoms with Crippen molar-refractivity contribution in [2.75, 3.05) is 0 Å². The number of benzene rings is 2. The number of hydrogen-bond donors (Lipinski definition) is 0. The van der Waals surface area contributed by atoms with Crippen molar-refractivity contribution < 1.29 is 0 Å². The van der Waals surface area contributed by atoms with Gasteiger partial charge in [0.2, 0.25) is 5.43 Å². The third-order valence-corrected chi connectivity index (χ3v) is 6.19. The third kappa shape index (κ3) is 2.87. The van der Waals surface area contributed by atoms with Gasteiger partial charge in [-0.05, 0) is 37.6 Å². The largest absolute Gasteiger partial charge is 0.289 e. The van der Waals surface area contributed by atoms with E-state index in [1.54, 1.807) is 22.8 Å². The van der Waals surface area contributed by atoms with Gasteiger partial charge in [0, 0.05) is 21.7 Å². The molecule has 0 aliphatic heterocycles. The summed E-state index contributed by atoms with van der Waals surface area (Å²) in [6, 6.07) is 14.5. The van der Waals surface area contributed by atoms with Crippen molar-refractivity contribution in [1.29, 1.82) is 0 Å². The average molecular weight is 397 g/mol. The van der Waals surface area contributed by atoms with Crippen molar-refractivity contribution >= 4 is 43.2 Å². The van der Waals surface area contributed by atoms with Crippen LogP contribution in [0.2, 0.25) is 5.02 Å². The van der Waals surface area contributed by atoms with Crippen LogP contribution in [0, 0.1) is 0 Å². The molecular weight excluding hydrogens is 380 g/mol. The van der Waals surface area contributed by atoms with E-state index in [0.29, 0.717) is 26.6 Å². The van der Waals surface area contributed by atoms with Gasteiger partial charge in [-0.15, -0.1) is 11.3 Å². The van der Waals surface area contributed by atoms with Crippen molar-refractivity contribution in [2.24, 2.45) is 0 Å². The zero-order chi connectivity index (χ0) is 19.1. The SMILES string of the molecule is CCC(C)n1c(-c2ccccc2Cl)nc2sc3ccccc3c(=O)c2c1=O. The lowest BCUT2D eigenvalue weighted by Crippen LogP contribution is -2.29. The predicted molar refractivity (Wildman–Crippen MR) is 113 cm³/mol. The second-order valence-electron chi connectivity index (χ2n) is 6.46. The highest BCUT2D eigenvalue weighted by atomic mass is 35.5. The molecule has 0 fully saturated rings. The summed E-state index contributed by atoms with van der Waals surface area (Å²) in [6.07, 6.45) is 0.732. The maximum Gasteiger partial charge on any atom is 0.266 e. The van der Waals surface area contributed by atoms with Gasteiger partial charge in [-0.3, -0.25) is 14.2 Å². The average Bonchev–Trinajstić information content (AvgIpc) is 2.67. The van der Waals surface area contributed by atoms with Crippen LogP contribution in [0.1, 0.15) is 26.3 Å². The molecule has 1 unspecified atom stereocenters. The smallest absolute Gasteiger partial charge is 0.266 e. The first kappa shape index (κ1) is 17.9. The normalized spacial score (nSPS) is 12.6. The van der Waals surface area contributed by atoms with Gasteiger partial charge in [-0.2, -0.15) is 0 Å². The van der Waals surface area contributed by atoms with Crippen LogP contribution in [0.4, 0.5) is 0 Å². The Hall–Kier alpha value is -2.50. The van der Waals surface area contributed by atoms with Gasteiger partial charge < -0.3 is 0 Å². The highest BCUT2D eigenvalue weighted by Gasteiger charge is 2.21. The highest BCUT2D eigenvalue weighted by molar-refractivity contribution is 7.24. The maximum absolute atomic E-state index is 13.4. The molecule has 1 atom stereocenters. The number of rotatable bonds is 3. The molecule has 0 bridgehead atoms. The molecule has 136 valence electrons. The fraction of sp³-hybridized carbons (Fsp3) is 0.190. The molecule has 4 aromatic rings. The van der Waals surface area contributed by atoms with Gasteiger partial charge in [0.25, 0.3) is 5.56 Å². The lowest BCUT2D eigenvalue weighted by atomic mass is 10.1. The molecule has 2 heterocycles. The molecule has 27 heavy (non-hydrogen) atoms. The van der Waals surface area contributed by atoms with E-state index in [-0.39, 0.29) is 22.4 Å². The monoisotopic (exact) mass is 396 g/mol. The molecule has 6 heteroatoms. The van der Waals surface area contributed by atoms with Crippen molar-refractivity contribution in [2.45, 2.75) is 26.3 Å². The van der Waals surface area contributed by atoms with Crippen LogP contribution < -0.4 is 11.0 Å². The van der Waals surface area contributed by atoms with Crippen LogP contribution in [-0.4, -0.2) is 9.55 Å². The van der Waals surface area contributed by atoms with Crippen LogP contribution in [0.25, 0.3) is 31.7 Å². The number of aromatic nitrogens is 2. The third-order valence-electron chi connectivity index (χ3n) is 4.79. The molecule has 0 saturated heterocycles. The van der Waals surface area contributed by atoms with E-state index in [9.17, 15) is 9.59 Å².